The van der Waals surface area contributed by atoms with Crippen LogP contribution < -0.4 is 10.2 Å². The van der Waals surface area contributed by atoms with E-state index in [1.807, 2.05) is 49.4 Å². The van der Waals surface area contributed by atoms with Crippen molar-refractivity contribution in [2.24, 2.45) is 0 Å². The molecule has 0 aliphatic heterocycles. The lowest BCUT2D eigenvalue weighted by Gasteiger charge is -2.25. The van der Waals surface area contributed by atoms with E-state index in [4.69, 9.17) is 0 Å². The molecule has 1 amide bonds. The maximum Gasteiger partial charge on any atom is 0.243 e. The van der Waals surface area contributed by atoms with Crippen LogP contribution in [0, 0.1) is 0 Å². The second-order valence-corrected chi connectivity index (χ2v) is 6.31. The normalized spacial score (nSPS) is 13.5. The average molecular weight is 361 g/mol. The van der Waals surface area contributed by atoms with Crippen molar-refractivity contribution in [1.29, 1.82) is 0 Å². The van der Waals surface area contributed by atoms with Gasteiger partial charge in [-0.1, -0.05) is 46.3 Å². The summed E-state index contributed by atoms with van der Waals surface area (Å²) in [4.78, 5) is 14.2. The van der Waals surface area contributed by atoms with Gasteiger partial charge < -0.3 is 4.90 Å². The van der Waals surface area contributed by atoms with Crippen LogP contribution in [-0.2, 0) is 4.79 Å². The Morgan fingerprint density at radius 3 is 2.23 bits per heavy atom. The fraction of sp³-hybridized carbons (Fsp3) is 0.278. The summed E-state index contributed by atoms with van der Waals surface area (Å²) in [5, 5.41) is 3.36. The monoisotopic (exact) mass is 360 g/mol. The van der Waals surface area contributed by atoms with Gasteiger partial charge in [0.1, 0.15) is 0 Å². The van der Waals surface area contributed by atoms with Crippen molar-refractivity contribution in [3.63, 3.8) is 0 Å². The minimum atomic E-state index is -0.260. The molecule has 2 aromatic carbocycles. The molecule has 3 nitrogen and oxygen atoms in total. The molecule has 0 saturated heterocycles. The zero-order chi connectivity index (χ0) is 16.1. The topological polar surface area (TPSA) is 32.3 Å². The number of likely N-dealkylation sites (N-methyl/N-ethyl adjacent to an activating group) is 1. The van der Waals surface area contributed by atoms with Crippen LogP contribution in [0.1, 0.15) is 25.5 Å². The van der Waals surface area contributed by atoms with Gasteiger partial charge in [0, 0.05) is 23.2 Å². The zero-order valence-corrected chi connectivity index (χ0v) is 14.7. The van der Waals surface area contributed by atoms with Gasteiger partial charge in [-0.25, -0.2) is 0 Å². The lowest BCUT2D eigenvalue weighted by molar-refractivity contribution is -0.120. The summed E-state index contributed by atoms with van der Waals surface area (Å²) >= 11 is 3.43. The molecule has 116 valence electrons. The quantitative estimate of drug-likeness (QED) is 0.868. The minimum Gasteiger partial charge on any atom is -0.314 e. The summed E-state index contributed by atoms with van der Waals surface area (Å²) in [5.41, 5.74) is 2.06. The number of hydrogen-bond donors (Lipinski definition) is 1. The summed E-state index contributed by atoms with van der Waals surface area (Å²) in [7, 11) is 1.81. The van der Waals surface area contributed by atoms with Gasteiger partial charge in [0.25, 0.3) is 0 Å². The smallest absolute Gasteiger partial charge is 0.243 e. The third-order valence-electron chi connectivity index (χ3n) is 3.71. The van der Waals surface area contributed by atoms with Gasteiger partial charge in [0.15, 0.2) is 0 Å². The molecule has 4 heteroatoms. The zero-order valence-electron chi connectivity index (χ0n) is 13.1. The molecule has 0 heterocycles. The van der Waals surface area contributed by atoms with Crippen molar-refractivity contribution < 1.29 is 4.79 Å². The summed E-state index contributed by atoms with van der Waals surface area (Å²) in [6, 6.07) is 17.7. The number of nitrogens with one attached hydrogen (secondary N) is 1. The molecule has 22 heavy (non-hydrogen) atoms. The largest absolute Gasteiger partial charge is 0.314 e. The Bertz CT molecular complexity index is 613. The van der Waals surface area contributed by atoms with E-state index in [2.05, 4.69) is 40.3 Å². The Morgan fingerprint density at radius 2 is 1.64 bits per heavy atom. The molecule has 1 N–H and O–H groups in total. The number of anilines is 1. The molecular weight excluding hydrogens is 340 g/mol. The van der Waals surface area contributed by atoms with E-state index in [0.717, 1.165) is 15.7 Å². The second kappa shape index (κ2) is 7.56. The number of nitrogens with zero attached hydrogens (tertiary/aromatic N) is 1. The van der Waals surface area contributed by atoms with Crippen LogP contribution in [-0.4, -0.2) is 19.0 Å². The van der Waals surface area contributed by atoms with Crippen LogP contribution in [0.4, 0.5) is 5.69 Å². The Hall–Kier alpha value is -1.65. The molecular formula is C18H21BrN2O. The first-order valence-corrected chi connectivity index (χ1v) is 8.12. The third-order valence-corrected chi connectivity index (χ3v) is 4.24. The van der Waals surface area contributed by atoms with Crippen molar-refractivity contribution in [2.45, 2.75) is 25.9 Å². The van der Waals surface area contributed by atoms with Crippen LogP contribution in [0.15, 0.2) is 59.1 Å². The first-order valence-electron chi connectivity index (χ1n) is 7.33. The van der Waals surface area contributed by atoms with Crippen LogP contribution >= 0.6 is 15.9 Å². The van der Waals surface area contributed by atoms with Crippen molar-refractivity contribution in [2.75, 3.05) is 11.9 Å². The van der Waals surface area contributed by atoms with E-state index in [1.54, 1.807) is 11.9 Å². The Morgan fingerprint density at radius 1 is 1.05 bits per heavy atom. The predicted molar refractivity (Wildman–Crippen MR) is 95.0 cm³/mol. The standard InChI is InChI=1S/C18H21BrN2O/c1-13(15-9-11-16(19)12-10-15)20-14(2)18(22)21(3)17-7-5-4-6-8-17/h4-14,20H,1-3H3/t13-,14-/m1/s1. The van der Waals surface area contributed by atoms with Crippen molar-refractivity contribution in [3.05, 3.63) is 64.6 Å². The molecule has 0 saturated carbocycles. The lowest BCUT2D eigenvalue weighted by Crippen LogP contribution is -2.44. The summed E-state index contributed by atoms with van der Waals surface area (Å²) < 4.78 is 1.05. The van der Waals surface area contributed by atoms with Crippen LogP contribution in [0.2, 0.25) is 0 Å². The van der Waals surface area contributed by atoms with Crippen molar-refractivity contribution >= 4 is 27.5 Å². The number of carbonyl (C=O) groups is 1. The molecule has 0 radical (unpaired) electrons. The first-order chi connectivity index (χ1) is 10.5. The van der Waals surface area contributed by atoms with Crippen LogP contribution in [0.5, 0.6) is 0 Å². The number of para-hydroxylation sites is 1. The van der Waals surface area contributed by atoms with Gasteiger partial charge in [-0.3, -0.25) is 10.1 Å². The maximum atomic E-state index is 12.5. The van der Waals surface area contributed by atoms with Crippen LogP contribution in [0.25, 0.3) is 0 Å². The molecule has 0 fully saturated rings. The van der Waals surface area contributed by atoms with Gasteiger partial charge in [0.2, 0.25) is 5.91 Å². The fourth-order valence-electron chi connectivity index (χ4n) is 2.36. The molecule has 2 aromatic rings. The van der Waals surface area contributed by atoms with Gasteiger partial charge >= 0.3 is 0 Å². The third kappa shape index (κ3) is 4.18. The SMILES string of the molecule is C[C@@H](N[C@H](C)c1ccc(Br)cc1)C(=O)N(C)c1ccccc1. The second-order valence-electron chi connectivity index (χ2n) is 5.39. The average Bonchev–Trinajstić information content (AvgIpc) is 2.54. The van der Waals surface area contributed by atoms with Gasteiger partial charge in [0.05, 0.1) is 6.04 Å². The molecule has 0 unspecified atom stereocenters. The highest BCUT2D eigenvalue weighted by molar-refractivity contribution is 9.10. The fourth-order valence-corrected chi connectivity index (χ4v) is 2.63. The van der Waals surface area contributed by atoms with Crippen molar-refractivity contribution in [3.8, 4) is 0 Å². The summed E-state index contributed by atoms with van der Waals surface area (Å²) in [5.74, 6) is 0.0511. The molecule has 0 aromatic heterocycles. The van der Waals surface area contributed by atoms with E-state index in [0.29, 0.717) is 0 Å². The van der Waals surface area contributed by atoms with Gasteiger partial charge in [-0.15, -0.1) is 0 Å². The summed E-state index contributed by atoms with van der Waals surface area (Å²) in [6.45, 7) is 3.96. The Labute approximate surface area is 140 Å². The molecule has 0 aliphatic rings. The lowest BCUT2D eigenvalue weighted by atomic mass is 10.1. The molecule has 0 aliphatic carbocycles. The Kier molecular flexibility index (Phi) is 5.75. The number of amides is 1. The first kappa shape index (κ1) is 16.7. The molecule has 2 atom stereocenters. The summed E-state index contributed by atoms with van der Waals surface area (Å²) in [6.07, 6.45) is 0. The van der Waals surface area contributed by atoms with E-state index in [-0.39, 0.29) is 18.0 Å². The van der Waals surface area contributed by atoms with Crippen LogP contribution in [0.3, 0.4) is 0 Å². The number of rotatable bonds is 5. The van der Waals surface area contributed by atoms with E-state index in [9.17, 15) is 4.79 Å². The highest BCUT2D eigenvalue weighted by Gasteiger charge is 2.20. The number of carbonyl (C=O) groups excluding carboxylic acids is 1. The Balaban J connectivity index is 2.00. The van der Waals surface area contributed by atoms with E-state index >= 15 is 0 Å². The van der Waals surface area contributed by atoms with Gasteiger partial charge in [-0.2, -0.15) is 0 Å². The number of benzene rings is 2. The number of hydrogen-bond acceptors (Lipinski definition) is 2. The molecule has 2 rings (SSSR count). The highest BCUT2D eigenvalue weighted by Crippen LogP contribution is 2.18. The van der Waals surface area contributed by atoms with Gasteiger partial charge in [-0.05, 0) is 43.7 Å². The minimum absolute atomic E-state index is 0.0511. The predicted octanol–water partition coefficient (Wildman–Crippen LogP) is 4.15. The van der Waals surface area contributed by atoms with E-state index < -0.39 is 0 Å². The molecule has 0 bridgehead atoms. The van der Waals surface area contributed by atoms with E-state index in [1.165, 1.54) is 0 Å². The van der Waals surface area contributed by atoms with Crippen molar-refractivity contribution in [1.82, 2.24) is 5.32 Å². The highest BCUT2D eigenvalue weighted by atomic mass is 79.9. The number of halogens is 1. The maximum absolute atomic E-state index is 12.5. The molecule has 0 spiro atoms.